The van der Waals surface area contributed by atoms with Gasteiger partial charge in [0.2, 0.25) is 5.91 Å². The Labute approximate surface area is 101 Å². The SMILES string of the molecule is CC(=O)NCCc1cc2c(cc1C)OCCO2. The third-order valence-corrected chi connectivity index (χ3v) is 2.77. The molecular weight excluding hydrogens is 218 g/mol. The van der Waals surface area contributed by atoms with Gasteiger partial charge in [-0.25, -0.2) is 0 Å². The monoisotopic (exact) mass is 235 g/mol. The van der Waals surface area contributed by atoms with Crippen molar-refractivity contribution in [2.24, 2.45) is 0 Å². The Morgan fingerprint density at radius 2 is 1.94 bits per heavy atom. The lowest BCUT2D eigenvalue weighted by atomic mass is 10.0. The topological polar surface area (TPSA) is 47.6 Å². The van der Waals surface area contributed by atoms with Crippen molar-refractivity contribution in [2.75, 3.05) is 19.8 Å². The van der Waals surface area contributed by atoms with Crippen LogP contribution in [0.4, 0.5) is 0 Å². The zero-order valence-electron chi connectivity index (χ0n) is 10.2. The van der Waals surface area contributed by atoms with Gasteiger partial charge in [0.15, 0.2) is 11.5 Å². The summed E-state index contributed by atoms with van der Waals surface area (Å²) in [6.07, 6.45) is 0.808. The molecule has 0 unspecified atom stereocenters. The van der Waals surface area contributed by atoms with E-state index in [2.05, 4.69) is 5.32 Å². The van der Waals surface area contributed by atoms with E-state index in [0.29, 0.717) is 19.8 Å². The van der Waals surface area contributed by atoms with Crippen LogP contribution in [0.3, 0.4) is 0 Å². The molecule has 1 aromatic carbocycles. The van der Waals surface area contributed by atoms with Crippen molar-refractivity contribution in [2.45, 2.75) is 20.3 Å². The van der Waals surface area contributed by atoms with Gasteiger partial charge in [0.05, 0.1) is 0 Å². The summed E-state index contributed by atoms with van der Waals surface area (Å²) in [5, 5.41) is 2.79. The number of carbonyl (C=O) groups excluding carboxylic acids is 1. The fraction of sp³-hybridized carbons (Fsp3) is 0.462. The van der Waals surface area contributed by atoms with E-state index in [9.17, 15) is 4.79 Å². The average Bonchev–Trinajstić information content (AvgIpc) is 2.29. The van der Waals surface area contributed by atoms with Crippen LogP contribution < -0.4 is 14.8 Å². The van der Waals surface area contributed by atoms with E-state index >= 15 is 0 Å². The van der Waals surface area contributed by atoms with Crippen molar-refractivity contribution in [3.63, 3.8) is 0 Å². The van der Waals surface area contributed by atoms with Crippen LogP contribution in [0.2, 0.25) is 0 Å². The van der Waals surface area contributed by atoms with Gasteiger partial charge in [-0.1, -0.05) is 0 Å². The maximum Gasteiger partial charge on any atom is 0.216 e. The first-order chi connectivity index (χ1) is 8.16. The summed E-state index contributed by atoms with van der Waals surface area (Å²) in [5.41, 5.74) is 2.35. The molecule has 1 aliphatic heterocycles. The second-order valence-electron chi connectivity index (χ2n) is 4.16. The lowest BCUT2D eigenvalue weighted by Gasteiger charge is -2.20. The van der Waals surface area contributed by atoms with E-state index in [1.165, 1.54) is 18.1 Å². The zero-order valence-corrected chi connectivity index (χ0v) is 10.2. The highest BCUT2D eigenvalue weighted by Gasteiger charge is 2.13. The predicted octanol–water partition coefficient (Wildman–Crippen LogP) is 1.44. The lowest BCUT2D eigenvalue weighted by Crippen LogP contribution is -2.23. The fourth-order valence-corrected chi connectivity index (χ4v) is 1.88. The Hall–Kier alpha value is -1.71. The second kappa shape index (κ2) is 5.08. The van der Waals surface area contributed by atoms with Gasteiger partial charge in [-0.2, -0.15) is 0 Å². The second-order valence-corrected chi connectivity index (χ2v) is 4.16. The highest BCUT2D eigenvalue weighted by atomic mass is 16.6. The lowest BCUT2D eigenvalue weighted by molar-refractivity contribution is -0.118. The first kappa shape index (κ1) is 11.8. The average molecular weight is 235 g/mol. The number of nitrogens with one attached hydrogen (secondary N) is 1. The fourth-order valence-electron chi connectivity index (χ4n) is 1.88. The van der Waals surface area contributed by atoms with E-state index in [1.807, 2.05) is 19.1 Å². The Kier molecular flexibility index (Phi) is 3.52. The molecule has 0 radical (unpaired) electrons. The van der Waals surface area contributed by atoms with Crippen molar-refractivity contribution >= 4 is 5.91 Å². The molecule has 4 nitrogen and oxygen atoms in total. The number of benzene rings is 1. The molecule has 0 aliphatic carbocycles. The van der Waals surface area contributed by atoms with Crippen LogP contribution in [-0.4, -0.2) is 25.7 Å². The van der Waals surface area contributed by atoms with Gasteiger partial charge >= 0.3 is 0 Å². The standard InChI is InChI=1S/C13H17NO3/c1-9-7-12-13(17-6-5-16-12)8-11(9)3-4-14-10(2)15/h7-8H,3-6H2,1-2H3,(H,14,15). The zero-order chi connectivity index (χ0) is 12.3. The van der Waals surface area contributed by atoms with Crippen LogP contribution in [-0.2, 0) is 11.2 Å². The van der Waals surface area contributed by atoms with Crippen molar-refractivity contribution in [3.8, 4) is 11.5 Å². The minimum absolute atomic E-state index is 0.000182. The summed E-state index contributed by atoms with van der Waals surface area (Å²) in [4.78, 5) is 10.8. The first-order valence-electron chi connectivity index (χ1n) is 5.80. The van der Waals surface area contributed by atoms with Gasteiger partial charge in [0, 0.05) is 13.5 Å². The van der Waals surface area contributed by atoms with Gasteiger partial charge in [0.1, 0.15) is 13.2 Å². The molecule has 0 bridgehead atoms. The molecule has 0 atom stereocenters. The van der Waals surface area contributed by atoms with Crippen LogP contribution in [0.25, 0.3) is 0 Å². The molecule has 17 heavy (non-hydrogen) atoms. The van der Waals surface area contributed by atoms with Crippen LogP contribution in [0.1, 0.15) is 18.1 Å². The molecule has 0 saturated carbocycles. The van der Waals surface area contributed by atoms with E-state index in [-0.39, 0.29) is 5.91 Å². The molecule has 1 N–H and O–H groups in total. The van der Waals surface area contributed by atoms with E-state index in [0.717, 1.165) is 17.9 Å². The van der Waals surface area contributed by atoms with Crippen molar-refractivity contribution in [1.29, 1.82) is 0 Å². The summed E-state index contributed by atoms with van der Waals surface area (Å²) in [7, 11) is 0. The van der Waals surface area contributed by atoms with Gasteiger partial charge in [-0.15, -0.1) is 0 Å². The highest BCUT2D eigenvalue weighted by Crippen LogP contribution is 2.32. The van der Waals surface area contributed by atoms with Crippen molar-refractivity contribution in [1.82, 2.24) is 5.32 Å². The molecule has 0 fully saturated rings. The van der Waals surface area contributed by atoms with E-state index < -0.39 is 0 Å². The first-order valence-corrected chi connectivity index (χ1v) is 5.80. The van der Waals surface area contributed by atoms with Gasteiger partial charge in [-0.3, -0.25) is 4.79 Å². The summed E-state index contributed by atoms with van der Waals surface area (Å²) >= 11 is 0. The number of rotatable bonds is 3. The molecule has 1 amide bonds. The number of ether oxygens (including phenoxy) is 2. The normalized spacial score (nSPS) is 13.3. The van der Waals surface area contributed by atoms with Crippen LogP contribution in [0.15, 0.2) is 12.1 Å². The number of fused-ring (bicyclic) bond motifs is 1. The summed E-state index contributed by atoms with van der Waals surface area (Å²) in [6, 6.07) is 4.00. The minimum Gasteiger partial charge on any atom is -0.486 e. The predicted molar refractivity (Wildman–Crippen MR) is 64.6 cm³/mol. The maximum absolute atomic E-state index is 10.8. The largest absolute Gasteiger partial charge is 0.486 e. The summed E-state index contributed by atoms with van der Waals surface area (Å²) in [6.45, 7) is 5.42. The minimum atomic E-state index is 0.000182. The Bertz CT molecular complexity index is 429. The quantitative estimate of drug-likeness (QED) is 0.862. The molecule has 1 heterocycles. The van der Waals surface area contributed by atoms with E-state index in [4.69, 9.17) is 9.47 Å². The van der Waals surface area contributed by atoms with Crippen molar-refractivity contribution < 1.29 is 14.3 Å². The smallest absolute Gasteiger partial charge is 0.216 e. The molecule has 0 spiro atoms. The molecule has 1 aromatic rings. The molecule has 4 heteroatoms. The molecule has 0 saturated heterocycles. The molecule has 0 aromatic heterocycles. The van der Waals surface area contributed by atoms with Crippen LogP contribution in [0, 0.1) is 6.92 Å². The highest BCUT2D eigenvalue weighted by molar-refractivity contribution is 5.72. The Balaban J connectivity index is 2.09. The number of hydrogen-bond donors (Lipinski definition) is 1. The third kappa shape index (κ3) is 2.90. The number of carbonyl (C=O) groups is 1. The van der Waals surface area contributed by atoms with Crippen molar-refractivity contribution in [3.05, 3.63) is 23.3 Å². The summed E-state index contributed by atoms with van der Waals surface area (Å²) < 4.78 is 11.0. The van der Waals surface area contributed by atoms with Gasteiger partial charge < -0.3 is 14.8 Å². The van der Waals surface area contributed by atoms with Crippen LogP contribution >= 0.6 is 0 Å². The van der Waals surface area contributed by atoms with Gasteiger partial charge in [-0.05, 0) is 36.6 Å². The maximum atomic E-state index is 10.8. The van der Waals surface area contributed by atoms with Gasteiger partial charge in [0.25, 0.3) is 0 Å². The number of aryl methyl sites for hydroxylation is 1. The molecule has 2 rings (SSSR count). The third-order valence-electron chi connectivity index (χ3n) is 2.77. The van der Waals surface area contributed by atoms with E-state index in [1.54, 1.807) is 0 Å². The molecule has 92 valence electrons. The molecular formula is C13H17NO3. The number of hydrogen-bond acceptors (Lipinski definition) is 3. The van der Waals surface area contributed by atoms with Crippen LogP contribution in [0.5, 0.6) is 11.5 Å². The Morgan fingerprint density at radius 3 is 2.59 bits per heavy atom. The Morgan fingerprint density at radius 1 is 1.29 bits per heavy atom. The molecule has 1 aliphatic rings. The number of amides is 1. The summed E-state index contributed by atoms with van der Waals surface area (Å²) in [5.74, 6) is 1.62.